The predicted molar refractivity (Wildman–Crippen MR) is 64.5 cm³/mol. The minimum Gasteiger partial charge on any atom is -0.339 e. The van der Waals surface area contributed by atoms with Crippen molar-refractivity contribution in [3.8, 4) is 0 Å². The molecule has 0 radical (unpaired) electrons. The number of nitrogens with one attached hydrogen (secondary N) is 1. The van der Waals surface area contributed by atoms with Crippen LogP contribution in [-0.4, -0.2) is 22.7 Å². The lowest BCUT2D eigenvalue weighted by molar-refractivity contribution is 0.319. The molecule has 0 spiro atoms. The summed E-state index contributed by atoms with van der Waals surface area (Å²) in [5, 5.41) is 7.43. The molecule has 2 atom stereocenters. The third kappa shape index (κ3) is 3.30. The summed E-state index contributed by atoms with van der Waals surface area (Å²) in [6, 6.07) is 0.417. The smallest absolute Gasteiger partial charge is 0.231 e. The van der Waals surface area contributed by atoms with E-state index < -0.39 is 0 Å². The summed E-state index contributed by atoms with van der Waals surface area (Å²) in [6.07, 6.45) is 3.02. The molecule has 1 N–H and O–H groups in total. The van der Waals surface area contributed by atoms with Crippen LogP contribution in [0, 0.1) is 0 Å². The van der Waals surface area contributed by atoms with Crippen LogP contribution in [0.25, 0.3) is 0 Å². The van der Waals surface area contributed by atoms with Gasteiger partial charge in [-0.15, -0.1) is 0 Å². The maximum atomic E-state index is 5.31. The molecular weight excluding hydrogens is 202 g/mol. The number of hydrogen-bond donors (Lipinski definition) is 1. The van der Waals surface area contributed by atoms with Gasteiger partial charge < -0.3 is 9.84 Å². The minimum absolute atomic E-state index is 0.281. The Morgan fingerprint density at radius 1 is 1.31 bits per heavy atom. The standard InChI is InChI=1S/C12H23N3O/c1-5-8-11-14-12(16-15-11)9(4)10(6-2)13-7-3/h9-10,13H,5-8H2,1-4H3. The van der Waals surface area contributed by atoms with Gasteiger partial charge in [0, 0.05) is 12.5 Å². The SMILES string of the molecule is CCCc1noc(C(C)C(CC)NCC)n1. The van der Waals surface area contributed by atoms with Crippen molar-refractivity contribution < 1.29 is 4.52 Å². The first-order valence-electron chi connectivity index (χ1n) is 6.28. The lowest BCUT2D eigenvalue weighted by atomic mass is 9.99. The molecule has 0 amide bonds. The molecule has 1 rings (SSSR count). The molecule has 0 saturated heterocycles. The van der Waals surface area contributed by atoms with Crippen molar-refractivity contribution in [3.63, 3.8) is 0 Å². The highest BCUT2D eigenvalue weighted by Crippen LogP contribution is 2.19. The van der Waals surface area contributed by atoms with Crippen LogP contribution in [0.15, 0.2) is 4.52 Å². The van der Waals surface area contributed by atoms with Gasteiger partial charge in [-0.25, -0.2) is 0 Å². The van der Waals surface area contributed by atoms with Crippen LogP contribution in [0.1, 0.15) is 58.2 Å². The van der Waals surface area contributed by atoms with Crippen LogP contribution in [0.4, 0.5) is 0 Å². The first-order valence-corrected chi connectivity index (χ1v) is 6.28. The van der Waals surface area contributed by atoms with E-state index in [1.54, 1.807) is 0 Å². The second-order valence-electron chi connectivity index (χ2n) is 4.16. The summed E-state index contributed by atoms with van der Waals surface area (Å²) < 4.78 is 5.31. The fourth-order valence-electron chi connectivity index (χ4n) is 1.89. The quantitative estimate of drug-likeness (QED) is 0.774. The van der Waals surface area contributed by atoms with Crippen molar-refractivity contribution in [1.29, 1.82) is 0 Å². The number of aryl methyl sites for hydroxylation is 1. The predicted octanol–water partition coefficient (Wildman–Crippen LogP) is 2.51. The highest BCUT2D eigenvalue weighted by molar-refractivity contribution is 4.97. The lowest BCUT2D eigenvalue weighted by Gasteiger charge is -2.20. The molecule has 0 fully saturated rings. The zero-order valence-corrected chi connectivity index (χ0v) is 10.8. The number of hydrogen-bond acceptors (Lipinski definition) is 4. The van der Waals surface area contributed by atoms with Gasteiger partial charge in [-0.3, -0.25) is 0 Å². The van der Waals surface area contributed by atoms with Gasteiger partial charge in [0.25, 0.3) is 0 Å². The molecule has 0 aromatic carbocycles. The summed E-state index contributed by atoms with van der Waals surface area (Å²) in [6.45, 7) is 9.52. The van der Waals surface area contributed by atoms with Gasteiger partial charge in [0.1, 0.15) is 0 Å². The van der Waals surface area contributed by atoms with Gasteiger partial charge in [0.15, 0.2) is 5.82 Å². The van der Waals surface area contributed by atoms with Crippen LogP contribution >= 0.6 is 0 Å². The molecule has 2 unspecified atom stereocenters. The molecule has 0 saturated carbocycles. The van der Waals surface area contributed by atoms with Gasteiger partial charge in [-0.2, -0.15) is 4.98 Å². The van der Waals surface area contributed by atoms with E-state index in [2.05, 4.69) is 43.2 Å². The van der Waals surface area contributed by atoms with E-state index in [1.807, 2.05) is 0 Å². The van der Waals surface area contributed by atoms with Crippen molar-refractivity contribution in [2.75, 3.05) is 6.54 Å². The minimum atomic E-state index is 0.281. The molecule has 0 bridgehead atoms. The van der Waals surface area contributed by atoms with Crippen LogP contribution in [0.5, 0.6) is 0 Å². The Morgan fingerprint density at radius 2 is 2.06 bits per heavy atom. The molecule has 92 valence electrons. The van der Waals surface area contributed by atoms with Crippen LogP contribution < -0.4 is 5.32 Å². The maximum absolute atomic E-state index is 5.31. The van der Waals surface area contributed by atoms with E-state index in [1.165, 1.54) is 0 Å². The highest BCUT2D eigenvalue weighted by Gasteiger charge is 2.21. The van der Waals surface area contributed by atoms with Gasteiger partial charge >= 0.3 is 0 Å². The van der Waals surface area contributed by atoms with Gasteiger partial charge in [0.05, 0.1) is 5.92 Å². The molecule has 0 aliphatic rings. The van der Waals surface area contributed by atoms with Crippen molar-refractivity contribution in [2.45, 2.75) is 58.9 Å². The van der Waals surface area contributed by atoms with Gasteiger partial charge in [0.2, 0.25) is 5.89 Å². The lowest BCUT2D eigenvalue weighted by Crippen LogP contribution is -2.33. The van der Waals surface area contributed by atoms with Crippen LogP contribution in [-0.2, 0) is 6.42 Å². The third-order valence-electron chi connectivity index (χ3n) is 2.86. The summed E-state index contributed by atoms with van der Waals surface area (Å²) in [5.74, 6) is 1.87. The molecule has 4 heteroatoms. The third-order valence-corrected chi connectivity index (χ3v) is 2.86. The fourth-order valence-corrected chi connectivity index (χ4v) is 1.89. The molecule has 4 nitrogen and oxygen atoms in total. The number of nitrogens with zero attached hydrogens (tertiary/aromatic N) is 2. The Morgan fingerprint density at radius 3 is 2.62 bits per heavy atom. The molecule has 16 heavy (non-hydrogen) atoms. The van der Waals surface area contributed by atoms with Gasteiger partial charge in [-0.1, -0.05) is 32.9 Å². The van der Waals surface area contributed by atoms with Crippen molar-refractivity contribution in [1.82, 2.24) is 15.5 Å². The molecule has 1 aromatic heterocycles. The van der Waals surface area contributed by atoms with Crippen LogP contribution in [0.2, 0.25) is 0 Å². The van der Waals surface area contributed by atoms with Crippen molar-refractivity contribution in [2.24, 2.45) is 0 Å². The highest BCUT2D eigenvalue weighted by atomic mass is 16.5. The topological polar surface area (TPSA) is 51.0 Å². The summed E-state index contributed by atoms with van der Waals surface area (Å²) in [7, 11) is 0. The van der Waals surface area contributed by atoms with E-state index in [0.717, 1.165) is 37.5 Å². The Labute approximate surface area is 97.8 Å². The largest absolute Gasteiger partial charge is 0.339 e. The fraction of sp³-hybridized carbons (Fsp3) is 0.833. The number of rotatable bonds is 7. The average Bonchev–Trinajstić information content (AvgIpc) is 2.74. The molecule has 0 aliphatic heterocycles. The first-order chi connectivity index (χ1) is 7.72. The molecular formula is C12H23N3O. The van der Waals surface area contributed by atoms with Crippen molar-refractivity contribution in [3.05, 3.63) is 11.7 Å². The summed E-state index contributed by atoms with van der Waals surface area (Å²) in [5.41, 5.74) is 0. The van der Waals surface area contributed by atoms with E-state index >= 15 is 0 Å². The van der Waals surface area contributed by atoms with E-state index in [4.69, 9.17) is 4.52 Å². The normalized spacial score (nSPS) is 15.0. The monoisotopic (exact) mass is 225 g/mol. The number of likely N-dealkylation sites (N-methyl/N-ethyl adjacent to an activating group) is 1. The Hall–Kier alpha value is -0.900. The molecule has 0 aliphatic carbocycles. The zero-order valence-electron chi connectivity index (χ0n) is 10.8. The second kappa shape index (κ2) is 6.63. The average molecular weight is 225 g/mol. The molecule has 1 heterocycles. The van der Waals surface area contributed by atoms with Crippen molar-refractivity contribution >= 4 is 0 Å². The zero-order chi connectivity index (χ0) is 12.0. The Balaban J connectivity index is 2.66. The summed E-state index contributed by atoms with van der Waals surface area (Å²) >= 11 is 0. The maximum Gasteiger partial charge on any atom is 0.231 e. The van der Waals surface area contributed by atoms with E-state index in [-0.39, 0.29) is 5.92 Å². The Kier molecular flexibility index (Phi) is 5.46. The first kappa shape index (κ1) is 13.2. The van der Waals surface area contributed by atoms with Gasteiger partial charge in [-0.05, 0) is 19.4 Å². The van der Waals surface area contributed by atoms with E-state index in [9.17, 15) is 0 Å². The summed E-state index contributed by atoms with van der Waals surface area (Å²) in [4.78, 5) is 4.43. The Bertz CT molecular complexity index is 298. The second-order valence-corrected chi connectivity index (χ2v) is 4.16. The van der Waals surface area contributed by atoms with Crippen LogP contribution in [0.3, 0.4) is 0 Å². The van der Waals surface area contributed by atoms with E-state index in [0.29, 0.717) is 6.04 Å². The number of aromatic nitrogens is 2. The molecule has 1 aromatic rings.